The number of ether oxygens (including phenoxy) is 3. The van der Waals surface area contributed by atoms with Gasteiger partial charge in [0.15, 0.2) is 16.3 Å². The van der Waals surface area contributed by atoms with Crippen molar-refractivity contribution in [1.82, 2.24) is 4.57 Å². The van der Waals surface area contributed by atoms with E-state index in [4.69, 9.17) is 25.8 Å². The van der Waals surface area contributed by atoms with Gasteiger partial charge >= 0.3 is 5.97 Å². The van der Waals surface area contributed by atoms with Crippen LogP contribution in [-0.2, 0) is 16.1 Å². The summed E-state index contributed by atoms with van der Waals surface area (Å²) in [6.07, 6.45) is 0. The second kappa shape index (κ2) is 9.79. The lowest BCUT2D eigenvalue weighted by molar-refractivity contribution is -0.385. The Labute approximate surface area is 190 Å². The number of rotatable bonds is 7. The van der Waals surface area contributed by atoms with Crippen molar-refractivity contribution in [3.8, 4) is 11.5 Å². The van der Waals surface area contributed by atoms with E-state index >= 15 is 0 Å². The molecule has 10 nitrogen and oxygen atoms in total. The minimum atomic E-state index is -0.882. The third kappa shape index (κ3) is 4.73. The number of hydrogen-bond donors (Lipinski definition) is 0. The number of methoxy groups -OCH3 is 2. The number of nitro groups is 1. The van der Waals surface area contributed by atoms with Crippen LogP contribution in [-0.4, -0.2) is 42.2 Å². The first-order valence-corrected chi connectivity index (χ1v) is 10.4. The molecule has 1 aromatic heterocycles. The van der Waals surface area contributed by atoms with E-state index in [0.29, 0.717) is 15.2 Å². The van der Waals surface area contributed by atoms with Gasteiger partial charge in [-0.3, -0.25) is 19.7 Å². The molecule has 3 rings (SSSR count). The summed E-state index contributed by atoms with van der Waals surface area (Å²) in [5, 5.41) is 12.0. The van der Waals surface area contributed by atoms with Crippen LogP contribution in [0.2, 0.25) is 5.02 Å². The Morgan fingerprint density at radius 3 is 2.50 bits per heavy atom. The Morgan fingerprint density at radius 1 is 1.19 bits per heavy atom. The molecule has 1 heterocycles. The van der Waals surface area contributed by atoms with Crippen molar-refractivity contribution in [3.63, 3.8) is 0 Å². The van der Waals surface area contributed by atoms with Gasteiger partial charge in [-0.15, -0.1) is 0 Å². The second-order valence-corrected chi connectivity index (χ2v) is 7.73. The average molecular weight is 480 g/mol. The number of benzene rings is 2. The summed E-state index contributed by atoms with van der Waals surface area (Å²) in [6.45, 7) is 1.67. The molecule has 12 heteroatoms. The first-order valence-electron chi connectivity index (χ1n) is 9.23. The normalized spacial score (nSPS) is 11.4. The van der Waals surface area contributed by atoms with Crippen molar-refractivity contribution < 1.29 is 28.7 Å². The fourth-order valence-corrected chi connectivity index (χ4v) is 4.26. The topological polar surface area (TPSA) is 122 Å². The zero-order chi connectivity index (χ0) is 23.4. The number of nitrogens with zero attached hydrogens (tertiary/aromatic N) is 3. The summed E-state index contributed by atoms with van der Waals surface area (Å²) in [7, 11) is 2.67. The van der Waals surface area contributed by atoms with Gasteiger partial charge in [0.25, 0.3) is 11.6 Å². The number of thiazole rings is 1. The van der Waals surface area contributed by atoms with E-state index in [0.717, 1.165) is 17.4 Å². The number of nitro benzene ring substituents is 1. The highest BCUT2D eigenvalue weighted by atomic mass is 35.5. The molecule has 0 N–H and O–H groups in total. The number of fused-ring (bicyclic) bond motifs is 1. The number of aromatic nitrogens is 1. The predicted molar refractivity (Wildman–Crippen MR) is 118 cm³/mol. The molecule has 2 aromatic carbocycles. The number of halogens is 1. The number of carbonyl (C=O) groups excluding carboxylic acids is 2. The minimum Gasteiger partial charge on any atom is -0.493 e. The minimum absolute atomic E-state index is 0.102. The molecule has 0 aliphatic heterocycles. The summed E-state index contributed by atoms with van der Waals surface area (Å²) < 4.78 is 17.4. The highest BCUT2D eigenvalue weighted by Crippen LogP contribution is 2.34. The molecule has 0 unspecified atom stereocenters. The first kappa shape index (κ1) is 23.2. The van der Waals surface area contributed by atoms with E-state index in [1.165, 1.54) is 24.9 Å². The van der Waals surface area contributed by atoms with Gasteiger partial charge in [0.2, 0.25) is 0 Å². The van der Waals surface area contributed by atoms with Crippen molar-refractivity contribution in [1.29, 1.82) is 0 Å². The van der Waals surface area contributed by atoms with Crippen LogP contribution in [0.3, 0.4) is 0 Å². The van der Waals surface area contributed by atoms with Crippen LogP contribution in [0.25, 0.3) is 10.2 Å². The Bertz CT molecular complexity index is 1280. The van der Waals surface area contributed by atoms with Crippen LogP contribution in [0.15, 0.2) is 35.3 Å². The Hall–Kier alpha value is -3.44. The molecule has 0 radical (unpaired) electrons. The van der Waals surface area contributed by atoms with Crippen LogP contribution < -0.4 is 14.3 Å². The van der Waals surface area contributed by atoms with Crippen LogP contribution in [0.5, 0.6) is 11.5 Å². The van der Waals surface area contributed by atoms with Gasteiger partial charge in [-0.25, -0.2) is 0 Å². The third-order valence-corrected chi connectivity index (χ3v) is 5.64. The smallest absolute Gasteiger partial charge is 0.326 e. The van der Waals surface area contributed by atoms with E-state index in [-0.39, 0.29) is 35.0 Å². The Morgan fingerprint density at radius 2 is 1.88 bits per heavy atom. The number of hydrogen-bond acceptors (Lipinski definition) is 8. The largest absolute Gasteiger partial charge is 0.493 e. The summed E-state index contributed by atoms with van der Waals surface area (Å²) in [4.78, 5) is 40.2. The van der Waals surface area contributed by atoms with Gasteiger partial charge in [0.05, 0.1) is 42.0 Å². The Kier molecular flexibility index (Phi) is 7.11. The first-order chi connectivity index (χ1) is 15.3. The lowest BCUT2D eigenvalue weighted by Gasteiger charge is -2.09. The SMILES string of the molecule is CCOC(=O)Cn1c(=NC(=O)c2cc(OC)c(OC)cc2[N+](=O)[O-])sc2cc(Cl)ccc21. The number of carbonyl (C=O) groups is 2. The van der Waals surface area contributed by atoms with Crippen molar-refractivity contribution in [2.75, 3.05) is 20.8 Å². The molecule has 168 valence electrons. The van der Waals surface area contributed by atoms with Crippen LogP contribution in [0.4, 0.5) is 5.69 Å². The van der Waals surface area contributed by atoms with Gasteiger partial charge < -0.3 is 18.8 Å². The van der Waals surface area contributed by atoms with Gasteiger partial charge in [0.1, 0.15) is 12.1 Å². The summed E-state index contributed by atoms with van der Waals surface area (Å²) in [5.74, 6) is -1.16. The highest BCUT2D eigenvalue weighted by Gasteiger charge is 2.25. The molecular weight excluding hydrogens is 462 g/mol. The predicted octanol–water partition coefficient (Wildman–Crippen LogP) is 3.59. The maximum atomic E-state index is 13.0. The average Bonchev–Trinajstić information content (AvgIpc) is 3.08. The summed E-state index contributed by atoms with van der Waals surface area (Å²) >= 11 is 7.17. The van der Waals surface area contributed by atoms with Crippen molar-refractivity contribution >= 4 is 50.7 Å². The van der Waals surface area contributed by atoms with E-state index in [1.807, 2.05) is 0 Å². The molecule has 1 amide bonds. The fraction of sp³-hybridized carbons (Fsp3) is 0.250. The number of esters is 1. The molecule has 0 fully saturated rings. The van der Waals surface area contributed by atoms with E-state index in [9.17, 15) is 19.7 Å². The standard InChI is InChI=1S/C20H18ClN3O7S/c1-4-31-18(25)10-23-13-6-5-11(21)7-17(13)32-20(23)22-19(26)12-8-15(29-2)16(30-3)9-14(12)24(27)28/h5-9H,4,10H2,1-3H3. The molecule has 32 heavy (non-hydrogen) atoms. The third-order valence-electron chi connectivity index (χ3n) is 4.36. The highest BCUT2D eigenvalue weighted by molar-refractivity contribution is 7.16. The van der Waals surface area contributed by atoms with Crippen LogP contribution >= 0.6 is 22.9 Å². The number of amides is 1. The molecule has 0 aliphatic carbocycles. The molecule has 0 saturated heterocycles. The van der Waals surface area contributed by atoms with Gasteiger partial charge in [-0.1, -0.05) is 22.9 Å². The molecule has 0 bridgehead atoms. The monoisotopic (exact) mass is 479 g/mol. The van der Waals surface area contributed by atoms with Crippen LogP contribution in [0, 0.1) is 10.1 Å². The van der Waals surface area contributed by atoms with Crippen molar-refractivity contribution in [2.45, 2.75) is 13.5 Å². The van der Waals surface area contributed by atoms with E-state index in [1.54, 1.807) is 25.1 Å². The zero-order valence-corrected chi connectivity index (χ0v) is 18.9. The zero-order valence-electron chi connectivity index (χ0n) is 17.3. The van der Waals surface area contributed by atoms with Gasteiger partial charge in [-0.2, -0.15) is 4.99 Å². The molecule has 0 atom stereocenters. The molecule has 0 saturated carbocycles. The lowest BCUT2D eigenvalue weighted by atomic mass is 10.1. The second-order valence-electron chi connectivity index (χ2n) is 6.29. The maximum absolute atomic E-state index is 13.0. The molecule has 0 spiro atoms. The van der Waals surface area contributed by atoms with Crippen molar-refractivity contribution in [2.24, 2.45) is 4.99 Å². The van der Waals surface area contributed by atoms with Gasteiger partial charge in [0, 0.05) is 11.1 Å². The van der Waals surface area contributed by atoms with Gasteiger partial charge in [-0.05, 0) is 25.1 Å². The summed E-state index contributed by atoms with van der Waals surface area (Å²) in [5.41, 5.74) is -0.163. The fourth-order valence-electron chi connectivity index (χ4n) is 2.96. The van der Waals surface area contributed by atoms with E-state index < -0.39 is 22.5 Å². The van der Waals surface area contributed by atoms with Crippen LogP contribution in [0.1, 0.15) is 17.3 Å². The summed E-state index contributed by atoms with van der Waals surface area (Å²) in [6, 6.07) is 7.30. The lowest BCUT2D eigenvalue weighted by Crippen LogP contribution is -2.23. The van der Waals surface area contributed by atoms with Crippen molar-refractivity contribution in [3.05, 3.63) is 55.8 Å². The Balaban J connectivity index is 2.19. The quantitative estimate of drug-likeness (QED) is 0.288. The van der Waals surface area contributed by atoms with E-state index in [2.05, 4.69) is 4.99 Å². The molecule has 0 aliphatic rings. The molecular formula is C20H18ClN3O7S. The maximum Gasteiger partial charge on any atom is 0.326 e. The molecule has 3 aromatic rings.